The van der Waals surface area contributed by atoms with Gasteiger partial charge < -0.3 is 15.2 Å². The monoisotopic (exact) mass is 531 g/mol. The minimum absolute atomic E-state index is 0.00470. The van der Waals surface area contributed by atoms with E-state index in [-0.39, 0.29) is 16.4 Å². The summed E-state index contributed by atoms with van der Waals surface area (Å²) >= 11 is 0. The summed E-state index contributed by atoms with van der Waals surface area (Å²) in [5.41, 5.74) is 3.55. The first-order chi connectivity index (χ1) is 18.3. The van der Waals surface area contributed by atoms with Gasteiger partial charge in [-0.05, 0) is 53.8 Å². The molecule has 1 amide bonds. The molecule has 0 unspecified atom stereocenters. The second kappa shape index (κ2) is 12.4. The molecular weight excluding hydrogens is 498 g/mol. The van der Waals surface area contributed by atoms with E-state index in [9.17, 15) is 13.2 Å². The van der Waals surface area contributed by atoms with Crippen LogP contribution in [0.5, 0.6) is 0 Å². The first-order valence-corrected chi connectivity index (χ1v) is 14.1. The fourth-order valence-corrected chi connectivity index (χ4v) is 5.05. The van der Waals surface area contributed by atoms with Gasteiger partial charge in [-0.1, -0.05) is 56.3 Å². The van der Waals surface area contributed by atoms with Crippen LogP contribution in [0.15, 0.2) is 96.4 Å². The number of rotatable bonds is 12. The Balaban J connectivity index is 1.52. The number of nitrogens with one attached hydrogen (secondary N) is 3. The van der Waals surface area contributed by atoms with Gasteiger partial charge in [-0.2, -0.15) is 0 Å². The van der Waals surface area contributed by atoms with E-state index in [1.807, 2.05) is 29.0 Å². The Morgan fingerprint density at radius 2 is 1.74 bits per heavy atom. The third-order valence-corrected chi connectivity index (χ3v) is 7.45. The van der Waals surface area contributed by atoms with Crippen molar-refractivity contribution in [2.75, 3.05) is 16.6 Å². The molecular formula is C29H33N5O3S. The van der Waals surface area contributed by atoms with Gasteiger partial charge in [0.2, 0.25) is 0 Å². The highest BCUT2D eigenvalue weighted by molar-refractivity contribution is 7.92. The van der Waals surface area contributed by atoms with Crippen molar-refractivity contribution in [1.82, 2.24) is 14.9 Å². The van der Waals surface area contributed by atoms with E-state index >= 15 is 0 Å². The van der Waals surface area contributed by atoms with Crippen LogP contribution in [0, 0.1) is 0 Å². The SMILES string of the molecule is CC(C)c1ccc(CNc2cc(C(=O)NCCCn3ccnc3)cc(S(=O)(=O)Nc3ccccc3)c2)cc1. The van der Waals surface area contributed by atoms with Crippen LogP contribution in [0.2, 0.25) is 0 Å². The van der Waals surface area contributed by atoms with E-state index in [2.05, 4.69) is 46.3 Å². The lowest BCUT2D eigenvalue weighted by Crippen LogP contribution is -2.26. The van der Waals surface area contributed by atoms with Crippen molar-refractivity contribution in [3.05, 3.63) is 108 Å². The summed E-state index contributed by atoms with van der Waals surface area (Å²) in [5.74, 6) is 0.105. The number of carbonyl (C=O) groups excluding carboxylic acids is 1. The largest absolute Gasteiger partial charge is 0.381 e. The maximum atomic E-state index is 13.2. The quantitative estimate of drug-likeness (QED) is 0.217. The third-order valence-electron chi connectivity index (χ3n) is 6.09. The number of anilines is 2. The lowest BCUT2D eigenvalue weighted by molar-refractivity contribution is 0.0952. The molecule has 4 aromatic rings. The number of imidazole rings is 1. The fourth-order valence-electron chi connectivity index (χ4n) is 3.92. The summed E-state index contributed by atoms with van der Waals surface area (Å²) in [5, 5.41) is 6.18. The lowest BCUT2D eigenvalue weighted by atomic mass is 10.0. The molecule has 4 rings (SSSR count). The topological polar surface area (TPSA) is 105 Å². The second-order valence-corrected chi connectivity index (χ2v) is 11.1. The molecule has 0 aliphatic heterocycles. The summed E-state index contributed by atoms with van der Waals surface area (Å²) in [4.78, 5) is 17.0. The van der Waals surface area contributed by atoms with Crippen molar-refractivity contribution < 1.29 is 13.2 Å². The van der Waals surface area contributed by atoms with Crippen LogP contribution >= 0.6 is 0 Å². The van der Waals surface area contributed by atoms with Crippen LogP contribution in [0.1, 0.15) is 47.7 Å². The summed E-state index contributed by atoms with van der Waals surface area (Å²) in [6.45, 7) is 5.94. The van der Waals surface area contributed by atoms with E-state index in [0.717, 1.165) is 12.1 Å². The molecule has 38 heavy (non-hydrogen) atoms. The van der Waals surface area contributed by atoms with E-state index in [1.165, 1.54) is 11.6 Å². The molecule has 0 atom stereocenters. The molecule has 3 N–H and O–H groups in total. The molecule has 0 spiro atoms. The van der Waals surface area contributed by atoms with E-state index in [4.69, 9.17) is 0 Å². The minimum atomic E-state index is -3.93. The molecule has 8 nitrogen and oxygen atoms in total. The average molecular weight is 532 g/mol. The van der Waals surface area contributed by atoms with Gasteiger partial charge in [0.1, 0.15) is 0 Å². The van der Waals surface area contributed by atoms with Crippen LogP contribution < -0.4 is 15.4 Å². The molecule has 1 aromatic heterocycles. The van der Waals surface area contributed by atoms with Gasteiger partial charge >= 0.3 is 0 Å². The van der Waals surface area contributed by atoms with Gasteiger partial charge in [0.05, 0.1) is 11.2 Å². The van der Waals surface area contributed by atoms with Gasteiger partial charge in [-0.25, -0.2) is 13.4 Å². The third kappa shape index (κ3) is 7.45. The van der Waals surface area contributed by atoms with Crippen LogP contribution in [0.3, 0.4) is 0 Å². The zero-order valence-electron chi connectivity index (χ0n) is 21.6. The first kappa shape index (κ1) is 26.9. The molecule has 198 valence electrons. The Kier molecular flexibility index (Phi) is 8.81. The van der Waals surface area contributed by atoms with E-state index in [1.54, 1.807) is 48.9 Å². The highest BCUT2D eigenvalue weighted by Gasteiger charge is 2.19. The fraction of sp³-hybridized carbons (Fsp3) is 0.241. The highest BCUT2D eigenvalue weighted by atomic mass is 32.2. The number of hydrogen-bond acceptors (Lipinski definition) is 5. The molecule has 0 aliphatic carbocycles. The second-order valence-electron chi connectivity index (χ2n) is 9.38. The molecule has 9 heteroatoms. The van der Waals surface area contributed by atoms with Gasteiger partial charge in [0, 0.05) is 49.0 Å². The van der Waals surface area contributed by atoms with Crippen LogP contribution in [0.4, 0.5) is 11.4 Å². The maximum absolute atomic E-state index is 13.2. The number of aryl methyl sites for hydroxylation is 1. The van der Waals surface area contributed by atoms with Crippen LogP contribution in [-0.4, -0.2) is 30.4 Å². The molecule has 3 aromatic carbocycles. The Morgan fingerprint density at radius 1 is 0.974 bits per heavy atom. The molecule has 0 bridgehead atoms. The predicted octanol–water partition coefficient (Wildman–Crippen LogP) is 5.24. The summed E-state index contributed by atoms with van der Waals surface area (Å²) in [6, 6.07) is 21.6. The standard InChI is InChI=1S/C29H33N5O3S/c1-22(2)24-11-9-23(10-12-24)20-32-27-17-25(29(35)31-13-6-15-34-16-14-30-21-34)18-28(19-27)38(36,37)33-26-7-4-3-5-8-26/h3-5,7-12,14,16-19,21-22,32-33H,6,13,15,20H2,1-2H3,(H,31,35). The number of amides is 1. The molecule has 0 saturated carbocycles. The van der Waals surface area contributed by atoms with Crippen molar-refractivity contribution in [1.29, 1.82) is 0 Å². The molecule has 0 radical (unpaired) electrons. The van der Waals surface area contributed by atoms with Crippen molar-refractivity contribution >= 4 is 27.3 Å². The Hall–Kier alpha value is -4.11. The summed E-state index contributed by atoms with van der Waals surface area (Å²) in [7, 11) is -3.93. The lowest BCUT2D eigenvalue weighted by Gasteiger charge is -2.14. The molecule has 0 aliphatic rings. The molecule has 0 fully saturated rings. The van der Waals surface area contributed by atoms with Crippen molar-refractivity contribution in [3.8, 4) is 0 Å². The maximum Gasteiger partial charge on any atom is 0.261 e. The van der Waals surface area contributed by atoms with Crippen molar-refractivity contribution in [2.45, 2.75) is 44.2 Å². The number of para-hydroxylation sites is 1. The van der Waals surface area contributed by atoms with E-state index < -0.39 is 10.0 Å². The van der Waals surface area contributed by atoms with Gasteiger partial charge in [0.25, 0.3) is 15.9 Å². The van der Waals surface area contributed by atoms with Crippen LogP contribution in [0.25, 0.3) is 0 Å². The Morgan fingerprint density at radius 3 is 2.42 bits per heavy atom. The normalized spacial score (nSPS) is 11.3. The van der Waals surface area contributed by atoms with Crippen molar-refractivity contribution in [3.63, 3.8) is 0 Å². The number of benzene rings is 3. The number of hydrogen-bond donors (Lipinski definition) is 3. The minimum Gasteiger partial charge on any atom is -0.381 e. The van der Waals surface area contributed by atoms with Gasteiger partial charge in [-0.15, -0.1) is 0 Å². The van der Waals surface area contributed by atoms with Gasteiger partial charge in [0.15, 0.2) is 0 Å². The molecule has 1 heterocycles. The zero-order chi connectivity index (χ0) is 27.0. The number of carbonyl (C=O) groups is 1. The highest BCUT2D eigenvalue weighted by Crippen LogP contribution is 2.23. The average Bonchev–Trinajstić information content (AvgIpc) is 3.44. The predicted molar refractivity (Wildman–Crippen MR) is 151 cm³/mol. The summed E-state index contributed by atoms with van der Waals surface area (Å²) in [6.07, 6.45) is 6.02. The smallest absolute Gasteiger partial charge is 0.261 e. The Labute approximate surface area is 224 Å². The number of aromatic nitrogens is 2. The van der Waals surface area contributed by atoms with Crippen molar-refractivity contribution in [2.24, 2.45) is 0 Å². The van der Waals surface area contributed by atoms with Crippen LogP contribution in [-0.2, 0) is 23.1 Å². The number of sulfonamides is 1. The zero-order valence-corrected chi connectivity index (χ0v) is 22.4. The Bertz CT molecular complexity index is 1440. The number of nitrogens with zero attached hydrogens (tertiary/aromatic N) is 2. The first-order valence-electron chi connectivity index (χ1n) is 12.6. The van der Waals surface area contributed by atoms with E-state index in [0.29, 0.717) is 36.8 Å². The molecule has 0 saturated heterocycles. The van der Waals surface area contributed by atoms with Gasteiger partial charge in [-0.3, -0.25) is 9.52 Å². The summed E-state index contributed by atoms with van der Waals surface area (Å²) < 4.78 is 31.0.